The Balaban J connectivity index is 1.99. The molecule has 2 fully saturated rings. The van der Waals surface area contributed by atoms with Crippen LogP contribution in [0.4, 0.5) is 0 Å². The van der Waals surface area contributed by atoms with Crippen molar-refractivity contribution in [3.05, 3.63) is 0 Å². The van der Waals surface area contributed by atoms with Crippen molar-refractivity contribution in [2.45, 2.75) is 57.0 Å². The van der Waals surface area contributed by atoms with Gasteiger partial charge in [0.05, 0.1) is 0 Å². The van der Waals surface area contributed by atoms with Gasteiger partial charge in [0, 0.05) is 18.1 Å². The maximum Gasteiger partial charge on any atom is 0.0344 e. The minimum atomic E-state index is 0.239. The van der Waals surface area contributed by atoms with Gasteiger partial charge in [0.1, 0.15) is 0 Å². The van der Waals surface area contributed by atoms with Crippen LogP contribution in [-0.2, 0) is 0 Å². The Morgan fingerprint density at radius 3 is 2.48 bits per heavy atom. The number of likely N-dealkylation sites (N-methyl/N-ethyl adjacent to an activating group) is 1. The van der Waals surface area contributed by atoms with Crippen molar-refractivity contribution < 1.29 is 0 Å². The van der Waals surface area contributed by atoms with Gasteiger partial charge in [-0.05, 0) is 85.3 Å². The smallest absolute Gasteiger partial charge is 0.0344 e. The van der Waals surface area contributed by atoms with E-state index in [1.54, 1.807) is 0 Å². The van der Waals surface area contributed by atoms with Crippen LogP contribution in [0.1, 0.15) is 45.4 Å². The van der Waals surface area contributed by atoms with Gasteiger partial charge in [-0.2, -0.15) is 0 Å². The lowest BCUT2D eigenvalue weighted by Gasteiger charge is -2.47. The van der Waals surface area contributed by atoms with Crippen molar-refractivity contribution in [1.29, 1.82) is 0 Å². The maximum atomic E-state index is 6.29. The Labute approximate surface area is 131 Å². The van der Waals surface area contributed by atoms with Crippen LogP contribution in [0.5, 0.6) is 0 Å². The summed E-state index contributed by atoms with van der Waals surface area (Å²) in [5.41, 5.74) is 6.53. The molecule has 0 radical (unpaired) electrons. The minimum Gasteiger partial charge on any atom is -0.329 e. The van der Waals surface area contributed by atoms with E-state index in [1.165, 1.54) is 71.2 Å². The molecule has 2 saturated heterocycles. The van der Waals surface area contributed by atoms with Crippen molar-refractivity contribution in [3.63, 3.8) is 0 Å². The van der Waals surface area contributed by atoms with Crippen LogP contribution in [0.25, 0.3) is 0 Å². The van der Waals surface area contributed by atoms with Crippen LogP contribution < -0.4 is 5.73 Å². The van der Waals surface area contributed by atoms with E-state index in [0.29, 0.717) is 0 Å². The molecule has 0 saturated carbocycles. The molecule has 4 nitrogen and oxygen atoms in total. The third kappa shape index (κ3) is 4.19. The van der Waals surface area contributed by atoms with Gasteiger partial charge in [-0.3, -0.25) is 4.90 Å². The lowest BCUT2D eigenvalue weighted by atomic mass is 9.86. The van der Waals surface area contributed by atoms with Crippen LogP contribution in [-0.4, -0.2) is 79.6 Å². The average Bonchev–Trinajstić information content (AvgIpc) is 2.71. The van der Waals surface area contributed by atoms with E-state index in [-0.39, 0.29) is 5.54 Å². The van der Waals surface area contributed by atoms with Crippen LogP contribution in [0.2, 0.25) is 0 Å². The Morgan fingerprint density at radius 2 is 1.86 bits per heavy atom. The molecule has 0 aliphatic carbocycles. The van der Waals surface area contributed by atoms with Crippen LogP contribution in [0.3, 0.4) is 0 Å². The molecule has 124 valence electrons. The Hall–Kier alpha value is -0.160. The van der Waals surface area contributed by atoms with E-state index in [0.717, 1.165) is 12.6 Å². The first-order valence-electron chi connectivity index (χ1n) is 8.95. The summed E-state index contributed by atoms with van der Waals surface area (Å²) in [5.74, 6) is 0. The molecular formula is C17H36N4. The number of hydrogen-bond donors (Lipinski definition) is 1. The third-order valence-corrected chi connectivity index (χ3v) is 5.91. The molecule has 1 atom stereocenters. The second-order valence-electron chi connectivity index (χ2n) is 7.27. The van der Waals surface area contributed by atoms with Crippen LogP contribution in [0, 0.1) is 0 Å². The molecule has 21 heavy (non-hydrogen) atoms. The topological polar surface area (TPSA) is 35.7 Å². The van der Waals surface area contributed by atoms with Crippen molar-refractivity contribution in [2.24, 2.45) is 5.73 Å². The molecule has 2 rings (SSSR count). The highest BCUT2D eigenvalue weighted by molar-refractivity contribution is 4.96. The molecule has 0 aromatic heterocycles. The molecule has 0 spiro atoms. The zero-order valence-corrected chi connectivity index (χ0v) is 14.5. The molecule has 2 heterocycles. The SMILES string of the molecule is CCCN1CCCC(CN)(N(C)C2CCN(C)CC2)CC1. The zero-order chi connectivity index (χ0) is 15.3. The van der Waals surface area contributed by atoms with E-state index in [2.05, 4.69) is 35.7 Å². The fourth-order valence-electron chi connectivity index (χ4n) is 4.24. The van der Waals surface area contributed by atoms with Crippen molar-refractivity contribution >= 4 is 0 Å². The van der Waals surface area contributed by atoms with E-state index < -0.39 is 0 Å². The average molecular weight is 297 g/mol. The van der Waals surface area contributed by atoms with Gasteiger partial charge in [-0.1, -0.05) is 6.92 Å². The first kappa shape index (κ1) is 17.2. The fourth-order valence-corrected chi connectivity index (χ4v) is 4.24. The van der Waals surface area contributed by atoms with Gasteiger partial charge >= 0.3 is 0 Å². The van der Waals surface area contributed by atoms with Crippen LogP contribution >= 0.6 is 0 Å². The normalized spacial score (nSPS) is 30.7. The van der Waals surface area contributed by atoms with Gasteiger partial charge in [0.2, 0.25) is 0 Å². The summed E-state index contributed by atoms with van der Waals surface area (Å²) in [6.45, 7) is 9.30. The number of nitrogens with two attached hydrogens (primary N) is 1. The van der Waals surface area contributed by atoms with Crippen molar-refractivity contribution in [1.82, 2.24) is 14.7 Å². The summed E-state index contributed by atoms with van der Waals surface area (Å²) >= 11 is 0. The third-order valence-electron chi connectivity index (χ3n) is 5.91. The van der Waals surface area contributed by atoms with Gasteiger partial charge in [-0.25, -0.2) is 0 Å². The highest BCUT2D eigenvalue weighted by Crippen LogP contribution is 2.31. The minimum absolute atomic E-state index is 0.239. The standard InChI is InChI=1S/C17H36N4/c1-4-10-21-11-5-8-17(15-18,9-14-21)20(3)16-6-12-19(2)13-7-16/h16H,4-15,18H2,1-3H3. The largest absolute Gasteiger partial charge is 0.329 e. The second-order valence-corrected chi connectivity index (χ2v) is 7.27. The molecule has 2 N–H and O–H groups in total. The molecule has 1 unspecified atom stereocenters. The number of piperidine rings is 1. The Bertz CT molecular complexity index is 301. The van der Waals surface area contributed by atoms with E-state index in [4.69, 9.17) is 5.73 Å². The summed E-state index contributed by atoms with van der Waals surface area (Å²) in [4.78, 5) is 7.77. The summed E-state index contributed by atoms with van der Waals surface area (Å²) < 4.78 is 0. The fraction of sp³-hybridized carbons (Fsp3) is 1.00. The molecule has 0 aromatic carbocycles. The Kier molecular flexibility index (Phi) is 6.48. The van der Waals surface area contributed by atoms with Gasteiger partial charge in [-0.15, -0.1) is 0 Å². The Morgan fingerprint density at radius 1 is 1.14 bits per heavy atom. The van der Waals surface area contributed by atoms with Crippen molar-refractivity contribution in [3.8, 4) is 0 Å². The van der Waals surface area contributed by atoms with E-state index in [1.807, 2.05) is 0 Å². The molecule has 4 heteroatoms. The highest BCUT2D eigenvalue weighted by atomic mass is 15.2. The monoisotopic (exact) mass is 296 g/mol. The predicted molar refractivity (Wildman–Crippen MR) is 90.6 cm³/mol. The number of hydrogen-bond acceptors (Lipinski definition) is 4. The van der Waals surface area contributed by atoms with Gasteiger partial charge in [0.25, 0.3) is 0 Å². The molecule has 0 aromatic rings. The second kappa shape index (κ2) is 7.91. The quantitative estimate of drug-likeness (QED) is 0.836. The summed E-state index contributed by atoms with van der Waals surface area (Å²) in [7, 11) is 4.58. The molecule has 2 aliphatic rings. The zero-order valence-electron chi connectivity index (χ0n) is 14.5. The predicted octanol–water partition coefficient (Wildman–Crippen LogP) is 1.61. The maximum absolute atomic E-state index is 6.29. The van der Waals surface area contributed by atoms with E-state index >= 15 is 0 Å². The number of likely N-dealkylation sites (tertiary alicyclic amines) is 2. The van der Waals surface area contributed by atoms with Gasteiger partial charge < -0.3 is 15.5 Å². The first-order chi connectivity index (χ1) is 10.1. The highest BCUT2D eigenvalue weighted by Gasteiger charge is 2.38. The van der Waals surface area contributed by atoms with Crippen molar-refractivity contribution in [2.75, 3.05) is 53.4 Å². The number of nitrogens with zero attached hydrogens (tertiary/aromatic N) is 3. The lowest BCUT2D eigenvalue weighted by Crippen LogP contribution is -2.58. The number of rotatable bonds is 5. The van der Waals surface area contributed by atoms with E-state index in [9.17, 15) is 0 Å². The van der Waals surface area contributed by atoms with Gasteiger partial charge in [0.15, 0.2) is 0 Å². The molecular weight excluding hydrogens is 260 g/mol. The molecule has 0 bridgehead atoms. The molecule has 2 aliphatic heterocycles. The summed E-state index contributed by atoms with van der Waals surface area (Å²) in [5, 5.41) is 0. The molecule has 0 amide bonds. The first-order valence-corrected chi connectivity index (χ1v) is 8.95. The lowest BCUT2D eigenvalue weighted by molar-refractivity contribution is 0.0331. The summed E-state index contributed by atoms with van der Waals surface area (Å²) in [6, 6.07) is 0.725. The summed E-state index contributed by atoms with van der Waals surface area (Å²) in [6.07, 6.45) is 7.67. The van der Waals surface area contributed by atoms with Crippen LogP contribution in [0.15, 0.2) is 0 Å².